The van der Waals surface area contributed by atoms with E-state index in [2.05, 4.69) is 0 Å². The van der Waals surface area contributed by atoms with E-state index in [-0.39, 0.29) is 0 Å². The highest BCUT2D eigenvalue weighted by Gasteiger charge is 2.51. The van der Waals surface area contributed by atoms with Crippen LogP contribution < -0.4 is 17.2 Å². The fourth-order valence-electron chi connectivity index (χ4n) is 12.9. The second-order valence-corrected chi connectivity index (χ2v) is 17.2. The first kappa shape index (κ1) is 32.5. The zero-order valence-electron chi connectivity index (χ0n) is 27.8. The number of ketones is 1. The summed E-state index contributed by atoms with van der Waals surface area (Å²) < 4.78 is 0. The zero-order chi connectivity index (χ0) is 29.8. The van der Waals surface area contributed by atoms with Crippen LogP contribution in [0.1, 0.15) is 141 Å². The minimum Gasteiger partial charge on any atom is -0.330 e. The fraction of sp³-hybridized carbons (Fsp3) is 0.974. The molecule has 0 aliphatic heterocycles. The SMILES string of the molecule is NCCC1CCCC(C2CCC3CCC4C(CC(C5CCCC(CCN)C5)CC4C4CCCC(CCN)C4)C(=O)C3C2)C1. The molecule has 0 heterocycles. The predicted molar refractivity (Wildman–Crippen MR) is 179 cm³/mol. The number of carbonyl (C=O) groups excluding carboxylic acids is 1. The Labute approximate surface area is 265 Å². The van der Waals surface area contributed by atoms with E-state index in [1.165, 1.54) is 141 Å². The van der Waals surface area contributed by atoms with Crippen molar-refractivity contribution < 1.29 is 4.79 Å². The first-order chi connectivity index (χ1) is 21.1. The summed E-state index contributed by atoms with van der Waals surface area (Å²) in [6.07, 6.45) is 29.7. The lowest BCUT2D eigenvalue weighted by Crippen LogP contribution is -2.45. The molecular formula is C39H69N3O. The Morgan fingerprint density at radius 1 is 0.419 bits per heavy atom. The highest BCUT2D eigenvalue weighted by atomic mass is 16.1. The number of rotatable bonds is 9. The number of hydrogen-bond acceptors (Lipinski definition) is 4. The molecule has 6 fully saturated rings. The Hall–Kier alpha value is -0.450. The van der Waals surface area contributed by atoms with Crippen LogP contribution in [0.2, 0.25) is 0 Å². The van der Waals surface area contributed by atoms with Crippen LogP contribution in [0.15, 0.2) is 0 Å². The van der Waals surface area contributed by atoms with Crippen molar-refractivity contribution in [3.05, 3.63) is 0 Å². The van der Waals surface area contributed by atoms with Crippen LogP contribution in [0.3, 0.4) is 0 Å². The van der Waals surface area contributed by atoms with Crippen LogP contribution in [0.25, 0.3) is 0 Å². The second kappa shape index (κ2) is 15.4. The van der Waals surface area contributed by atoms with E-state index in [0.717, 1.165) is 78.7 Å². The molecule has 6 aliphatic carbocycles. The van der Waals surface area contributed by atoms with Crippen LogP contribution in [0.5, 0.6) is 0 Å². The fourth-order valence-corrected chi connectivity index (χ4v) is 12.9. The van der Waals surface area contributed by atoms with Crippen LogP contribution >= 0.6 is 0 Å². The number of hydrogen-bond donors (Lipinski definition) is 3. The van der Waals surface area contributed by atoms with E-state index < -0.39 is 0 Å². The van der Waals surface area contributed by atoms with E-state index >= 15 is 0 Å². The van der Waals surface area contributed by atoms with Gasteiger partial charge in [0.1, 0.15) is 5.78 Å². The molecule has 6 saturated carbocycles. The molecular weight excluding hydrogens is 526 g/mol. The van der Waals surface area contributed by atoms with Gasteiger partial charge in [-0.1, -0.05) is 57.8 Å². The molecule has 13 atom stereocenters. The highest BCUT2D eigenvalue weighted by Crippen LogP contribution is 2.57. The molecule has 0 aromatic heterocycles. The molecule has 0 amide bonds. The maximum absolute atomic E-state index is 14.9. The van der Waals surface area contributed by atoms with Crippen molar-refractivity contribution in [2.75, 3.05) is 19.6 Å². The highest BCUT2D eigenvalue weighted by molar-refractivity contribution is 5.84. The second-order valence-electron chi connectivity index (χ2n) is 17.2. The van der Waals surface area contributed by atoms with Crippen LogP contribution in [-0.2, 0) is 4.79 Å². The Kier molecular flexibility index (Phi) is 11.7. The van der Waals surface area contributed by atoms with Gasteiger partial charge in [0.15, 0.2) is 0 Å². The standard InChI is InChI=1S/C39H69N3O/c40-17-14-26-4-1-7-30(20-26)32-11-10-29-12-13-35-36(33-9-3-6-28(22-33)16-19-42)24-34(25-38(35)39(43)37(29)23-32)31-8-2-5-27(21-31)15-18-41/h26-38H,1-25,40-42H2. The molecule has 0 bridgehead atoms. The first-order valence-corrected chi connectivity index (χ1v) is 19.7. The number of nitrogens with two attached hydrogens (primary N) is 3. The van der Waals surface area contributed by atoms with Gasteiger partial charge in [-0.05, 0) is 168 Å². The molecule has 6 rings (SSSR count). The van der Waals surface area contributed by atoms with Crippen LogP contribution in [0, 0.1) is 76.9 Å². The van der Waals surface area contributed by atoms with Gasteiger partial charge >= 0.3 is 0 Å². The van der Waals surface area contributed by atoms with Gasteiger partial charge in [-0.15, -0.1) is 0 Å². The molecule has 0 spiro atoms. The average molecular weight is 596 g/mol. The Morgan fingerprint density at radius 3 is 1.49 bits per heavy atom. The van der Waals surface area contributed by atoms with Crippen molar-refractivity contribution in [2.45, 2.75) is 141 Å². The Morgan fingerprint density at radius 2 is 0.884 bits per heavy atom. The van der Waals surface area contributed by atoms with Crippen molar-refractivity contribution in [2.24, 2.45) is 94.1 Å². The van der Waals surface area contributed by atoms with Gasteiger partial charge in [0, 0.05) is 11.8 Å². The van der Waals surface area contributed by atoms with Gasteiger partial charge in [-0.3, -0.25) is 4.79 Å². The molecule has 0 radical (unpaired) electrons. The van der Waals surface area contributed by atoms with Crippen LogP contribution in [0.4, 0.5) is 0 Å². The summed E-state index contributed by atoms with van der Waals surface area (Å²) in [6.45, 7) is 2.54. The maximum atomic E-state index is 14.9. The third-order valence-electron chi connectivity index (χ3n) is 15.0. The lowest BCUT2D eigenvalue weighted by Gasteiger charge is -2.49. The van der Waals surface area contributed by atoms with E-state index in [1.807, 2.05) is 0 Å². The van der Waals surface area contributed by atoms with Gasteiger partial charge in [-0.2, -0.15) is 0 Å². The minimum atomic E-state index is 0.360. The van der Waals surface area contributed by atoms with Gasteiger partial charge < -0.3 is 17.2 Å². The van der Waals surface area contributed by atoms with Crippen molar-refractivity contribution in [3.63, 3.8) is 0 Å². The minimum absolute atomic E-state index is 0.360. The van der Waals surface area contributed by atoms with Gasteiger partial charge in [-0.25, -0.2) is 0 Å². The number of fused-ring (bicyclic) bond motifs is 2. The molecule has 6 aliphatic rings. The summed E-state index contributed by atoms with van der Waals surface area (Å²) in [6, 6.07) is 0. The monoisotopic (exact) mass is 596 g/mol. The molecule has 4 heteroatoms. The van der Waals surface area contributed by atoms with Crippen molar-refractivity contribution in [1.82, 2.24) is 0 Å². The number of Topliss-reactive ketones (excluding diaryl/α,β-unsaturated/α-hetero) is 1. The van der Waals surface area contributed by atoms with E-state index in [9.17, 15) is 4.79 Å². The molecule has 0 aromatic rings. The van der Waals surface area contributed by atoms with Crippen LogP contribution in [-0.4, -0.2) is 25.4 Å². The molecule has 4 nitrogen and oxygen atoms in total. The summed E-state index contributed by atoms with van der Waals surface area (Å²) >= 11 is 0. The summed E-state index contributed by atoms with van der Waals surface area (Å²) in [7, 11) is 0. The molecule has 0 saturated heterocycles. The van der Waals surface area contributed by atoms with Gasteiger partial charge in [0.05, 0.1) is 0 Å². The topological polar surface area (TPSA) is 95.1 Å². The first-order valence-electron chi connectivity index (χ1n) is 19.7. The lowest BCUT2D eigenvalue weighted by molar-refractivity contribution is -0.135. The summed E-state index contributed by atoms with van der Waals surface area (Å²) in [5.41, 5.74) is 18.1. The molecule has 6 N–H and O–H groups in total. The average Bonchev–Trinajstić information content (AvgIpc) is 3.17. The van der Waals surface area contributed by atoms with E-state index in [0.29, 0.717) is 23.7 Å². The van der Waals surface area contributed by atoms with Crippen molar-refractivity contribution >= 4 is 5.78 Å². The molecule has 13 unspecified atom stereocenters. The quantitative estimate of drug-likeness (QED) is 0.251. The third-order valence-corrected chi connectivity index (χ3v) is 15.0. The summed E-state index contributed by atoms with van der Waals surface area (Å²) in [5.74, 6) is 10.2. The Bertz CT molecular complexity index is 871. The zero-order valence-corrected chi connectivity index (χ0v) is 27.8. The molecule has 0 aromatic carbocycles. The van der Waals surface area contributed by atoms with E-state index in [4.69, 9.17) is 17.2 Å². The number of carbonyl (C=O) groups is 1. The summed E-state index contributed by atoms with van der Waals surface area (Å²) in [4.78, 5) is 14.9. The summed E-state index contributed by atoms with van der Waals surface area (Å²) in [5, 5.41) is 0. The van der Waals surface area contributed by atoms with E-state index in [1.54, 1.807) is 0 Å². The third kappa shape index (κ3) is 7.59. The lowest BCUT2D eigenvalue weighted by atomic mass is 9.55. The normalized spacial score (nSPS) is 46.0. The van der Waals surface area contributed by atoms with Crippen molar-refractivity contribution in [3.8, 4) is 0 Å². The molecule has 246 valence electrons. The van der Waals surface area contributed by atoms with Gasteiger partial charge in [0.25, 0.3) is 0 Å². The smallest absolute Gasteiger partial charge is 0.139 e. The van der Waals surface area contributed by atoms with Crippen molar-refractivity contribution in [1.29, 1.82) is 0 Å². The predicted octanol–water partition coefficient (Wildman–Crippen LogP) is 8.11. The molecule has 43 heavy (non-hydrogen) atoms. The largest absolute Gasteiger partial charge is 0.330 e. The maximum Gasteiger partial charge on any atom is 0.139 e. The Balaban J connectivity index is 1.21. The van der Waals surface area contributed by atoms with Gasteiger partial charge in [0.2, 0.25) is 0 Å².